The fraction of sp³-hybridized carbons (Fsp3) is 0.412. The van der Waals surface area contributed by atoms with Gasteiger partial charge in [0.05, 0.1) is 0 Å². The molecule has 1 unspecified atom stereocenters. The molecule has 0 aromatic heterocycles. The van der Waals surface area contributed by atoms with Crippen LogP contribution in [0.4, 0.5) is 0 Å². The van der Waals surface area contributed by atoms with E-state index in [4.69, 9.17) is 15.0 Å². The molecule has 14 heteroatoms. The Hall–Kier alpha value is -1.12. The summed E-state index contributed by atoms with van der Waals surface area (Å²) in [5.74, 6) is -1.34. The van der Waals surface area contributed by atoms with E-state index in [0.717, 1.165) is 5.56 Å². The summed E-state index contributed by atoms with van der Waals surface area (Å²) in [6.45, 7) is 1.27. The number of carbonyl (C=O) groups is 2. The third-order valence-electron chi connectivity index (χ3n) is 2.78. The van der Waals surface area contributed by atoms with Crippen molar-refractivity contribution >= 4 is 80.7 Å². The van der Waals surface area contributed by atoms with E-state index in [0.29, 0.717) is 19.1 Å². The molecule has 0 heterocycles. The average Bonchev–Trinajstić information content (AvgIpc) is 2.65. The molecule has 0 bridgehead atoms. The second-order valence-electron chi connectivity index (χ2n) is 5.78. The summed E-state index contributed by atoms with van der Waals surface area (Å²) in [7, 11) is 7.62. The number of carboxylic acid groups (broad SMARTS) is 1. The normalized spacial score (nSPS) is 9.35. The molecule has 0 saturated heterocycles. The van der Waals surface area contributed by atoms with Gasteiger partial charge in [0, 0.05) is 41.5 Å². The molecule has 0 fully saturated rings. The van der Waals surface area contributed by atoms with E-state index in [2.05, 4.69) is 55.0 Å². The van der Waals surface area contributed by atoms with Crippen LogP contribution in [0, 0.1) is 0 Å². The molecular weight excluding hydrogens is 546 g/mol. The number of carboxylic acids is 1. The number of rotatable bonds is 4. The number of hydrogen-bond donors (Lipinski definition) is 4. The molecule has 0 spiro atoms. The Morgan fingerprint density at radius 3 is 1.58 bits per heavy atom. The minimum atomic E-state index is -1.08. The second kappa shape index (κ2) is 22.1. The van der Waals surface area contributed by atoms with E-state index < -0.39 is 12.0 Å². The first-order valence-corrected chi connectivity index (χ1v) is 10.8. The minimum absolute atomic E-state index is 0. The predicted molar refractivity (Wildman–Crippen MR) is 137 cm³/mol. The van der Waals surface area contributed by atoms with Crippen molar-refractivity contribution in [2.24, 2.45) is 0 Å². The van der Waals surface area contributed by atoms with Gasteiger partial charge in [0.1, 0.15) is 22.3 Å². The predicted octanol–water partition coefficient (Wildman–Crippen LogP) is -0.460. The van der Waals surface area contributed by atoms with Gasteiger partial charge in [-0.15, -0.1) is 0 Å². The molecule has 0 aliphatic carbocycles. The van der Waals surface area contributed by atoms with E-state index >= 15 is 0 Å². The number of phenolic OH excluding ortho intramolecular Hbond substituents is 1. The van der Waals surface area contributed by atoms with Crippen LogP contribution >= 0.6 is 24.4 Å². The van der Waals surface area contributed by atoms with Crippen LogP contribution in [0.3, 0.4) is 0 Å². The van der Waals surface area contributed by atoms with Crippen molar-refractivity contribution in [2.75, 3.05) is 28.2 Å². The molecule has 1 amide bonds. The van der Waals surface area contributed by atoms with Gasteiger partial charge in [0.25, 0.3) is 0 Å². The summed E-state index contributed by atoms with van der Waals surface area (Å²) in [6, 6.07) is 5.24. The molecule has 1 rings (SSSR count). The molecule has 1 aromatic carbocycles. The Balaban J connectivity index is -0.000000203. The summed E-state index contributed by atoms with van der Waals surface area (Å²) in [4.78, 5) is 32.2. The Labute approximate surface area is 219 Å². The van der Waals surface area contributed by atoms with Crippen LogP contribution in [0.1, 0.15) is 12.5 Å². The molecule has 0 aliphatic rings. The van der Waals surface area contributed by atoms with Crippen molar-refractivity contribution in [3.63, 3.8) is 0 Å². The molecule has 1 radical (unpaired) electrons. The summed E-state index contributed by atoms with van der Waals surface area (Å²) >= 11 is 18.2. The van der Waals surface area contributed by atoms with Crippen LogP contribution in [-0.4, -0.2) is 90.0 Å². The maximum Gasteiger partial charge on any atom is 2.00 e. The van der Waals surface area contributed by atoms with Gasteiger partial charge in [-0.3, -0.25) is 4.79 Å². The van der Waals surface area contributed by atoms with E-state index in [1.165, 1.54) is 19.1 Å². The number of amides is 1. The number of thiocarbonyl (C=S) groups is 2. The van der Waals surface area contributed by atoms with Crippen LogP contribution in [0.2, 0.25) is 0 Å². The summed E-state index contributed by atoms with van der Waals surface area (Å²) < 4.78 is 1.02. The van der Waals surface area contributed by atoms with Crippen LogP contribution in [-0.2, 0) is 58.3 Å². The standard InChI is InChI=1S/C11H13NO4.2C3H7NS2.Cu.H4OSi/c1-7(13)12-10(11(15)16)6-8-2-4-9(14)5-3-8;2*1-4(2)3(5)6;;1-2/h2-5,10,14H,6H2,1H3,(H,12,13)(H,15,16);2*1-2H3,(H,5,6);;1H,2H3/q;;;+2;/p-2. The Morgan fingerprint density at radius 1 is 1.03 bits per heavy atom. The molecule has 0 aliphatic heterocycles. The van der Waals surface area contributed by atoms with E-state index in [1.807, 2.05) is 28.2 Å². The van der Waals surface area contributed by atoms with Gasteiger partial charge < -0.3 is 79.8 Å². The van der Waals surface area contributed by atoms with Crippen molar-refractivity contribution in [1.29, 1.82) is 0 Å². The topological polar surface area (TPSA) is 113 Å². The zero-order valence-corrected chi connectivity index (χ0v) is 24.3. The molecule has 31 heavy (non-hydrogen) atoms. The molecule has 1 atom stereocenters. The third kappa shape index (κ3) is 25.0. The van der Waals surface area contributed by atoms with Gasteiger partial charge in [-0.05, 0) is 17.7 Å². The van der Waals surface area contributed by atoms with Gasteiger partial charge in [-0.25, -0.2) is 4.79 Å². The number of hydrogen-bond acceptors (Lipinski definition) is 8. The number of aromatic hydroxyl groups is 1. The third-order valence-corrected chi connectivity index (χ3v) is 4.24. The van der Waals surface area contributed by atoms with E-state index in [-0.39, 0.29) is 35.1 Å². The zero-order valence-electron chi connectivity index (χ0n) is 18.1. The Morgan fingerprint density at radius 2 is 1.35 bits per heavy atom. The maximum atomic E-state index is 10.8. The van der Waals surface area contributed by atoms with Crippen molar-refractivity contribution in [3.8, 4) is 5.75 Å². The number of nitrogens with zero attached hydrogens (tertiary/aromatic N) is 2. The SMILES string of the molecule is CC(=O)NC(Cc1ccc(O)cc1)C(=O)O.CN(C)C(=S)[S-].CN(C)C(=S)[S-].O[SiH3].[Cu+2]. The molecule has 0 saturated carbocycles. The van der Waals surface area contributed by atoms with E-state index in [9.17, 15) is 9.59 Å². The summed E-state index contributed by atoms with van der Waals surface area (Å²) in [5, 5.41) is 20.3. The number of carbonyl (C=O) groups excluding carboxylic acids is 1. The number of benzene rings is 1. The fourth-order valence-corrected chi connectivity index (χ4v) is 1.31. The first kappa shape index (κ1) is 37.2. The zero-order chi connectivity index (χ0) is 24.4. The van der Waals surface area contributed by atoms with Crippen molar-refractivity contribution in [3.05, 3.63) is 29.8 Å². The minimum Gasteiger partial charge on any atom is -0.508 e. The van der Waals surface area contributed by atoms with Crippen molar-refractivity contribution in [1.82, 2.24) is 15.1 Å². The van der Waals surface area contributed by atoms with Gasteiger partial charge in [0.15, 0.2) is 0 Å². The first-order chi connectivity index (χ1) is 13.8. The monoisotopic (exact) mass is 574 g/mol. The number of nitrogens with one attached hydrogen (secondary N) is 1. The van der Waals surface area contributed by atoms with Crippen molar-refractivity contribution < 1.29 is 41.7 Å². The summed E-state index contributed by atoms with van der Waals surface area (Å²) in [6.07, 6.45) is 0.190. The van der Waals surface area contributed by atoms with Gasteiger partial charge in [-0.2, -0.15) is 0 Å². The first-order valence-electron chi connectivity index (χ1n) is 8.27. The van der Waals surface area contributed by atoms with Crippen LogP contribution < -0.4 is 5.32 Å². The number of aliphatic carboxylic acids is 1. The number of phenols is 1. The van der Waals surface area contributed by atoms with Gasteiger partial charge >= 0.3 is 23.0 Å². The van der Waals surface area contributed by atoms with Gasteiger partial charge in [-0.1, -0.05) is 20.8 Å². The van der Waals surface area contributed by atoms with Crippen LogP contribution in [0.25, 0.3) is 0 Å². The van der Waals surface area contributed by atoms with Crippen molar-refractivity contribution in [2.45, 2.75) is 19.4 Å². The molecular formula is C17H29CuN3O5S4Si. The Bertz CT molecular complexity index is 650. The van der Waals surface area contributed by atoms with Crippen LogP contribution in [0.5, 0.6) is 5.75 Å². The Kier molecular flexibility index (Phi) is 26.5. The molecule has 181 valence electrons. The molecule has 1 aromatic rings. The second-order valence-corrected chi connectivity index (χ2v) is 7.85. The maximum absolute atomic E-state index is 10.8. The molecule has 4 N–H and O–H groups in total. The molecule has 8 nitrogen and oxygen atoms in total. The van der Waals surface area contributed by atoms with Crippen LogP contribution in [0.15, 0.2) is 24.3 Å². The quantitative estimate of drug-likeness (QED) is 0.213. The average molecular weight is 575 g/mol. The summed E-state index contributed by atoms with van der Waals surface area (Å²) in [5.41, 5.74) is 0.735. The van der Waals surface area contributed by atoms with E-state index in [1.54, 1.807) is 21.9 Å². The fourth-order valence-electron chi connectivity index (χ4n) is 1.31. The van der Waals surface area contributed by atoms with Gasteiger partial charge in [0.2, 0.25) is 5.91 Å². The smallest absolute Gasteiger partial charge is 0.508 e. The largest absolute Gasteiger partial charge is 2.00 e.